The maximum absolute atomic E-state index is 3.81. The minimum absolute atomic E-state index is 0.191. The molecule has 2 heteroatoms. The number of benzene rings is 2. The summed E-state index contributed by atoms with van der Waals surface area (Å²) in [5.74, 6) is 1.34. The molecule has 2 saturated heterocycles. The molecule has 0 aromatic heterocycles. The van der Waals surface area contributed by atoms with Crippen LogP contribution in [0.1, 0.15) is 79.4 Å². The van der Waals surface area contributed by atoms with Gasteiger partial charge in [0.15, 0.2) is 0 Å². The van der Waals surface area contributed by atoms with Crippen LogP contribution in [0, 0.1) is 11.8 Å². The lowest BCUT2D eigenvalue weighted by Gasteiger charge is -2.28. The minimum Gasteiger partial charge on any atom is -0.307 e. The molecule has 2 aliphatic heterocycles. The van der Waals surface area contributed by atoms with E-state index >= 15 is 0 Å². The van der Waals surface area contributed by atoms with Gasteiger partial charge >= 0.3 is 0 Å². The third-order valence-electron chi connectivity index (χ3n) is 8.08. The summed E-state index contributed by atoms with van der Waals surface area (Å²) < 4.78 is 0. The lowest BCUT2D eigenvalue weighted by Crippen LogP contribution is -2.45. The molecule has 0 radical (unpaired) electrons. The van der Waals surface area contributed by atoms with Crippen molar-refractivity contribution in [1.82, 2.24) is 10.6 Å². The SMILES string of the molecule is CC1(C)CC(Cc2ccc(-c3ccc(CC4CC(C)(C)NC4(C)C)cc3)cc2)C(C)(C)N1. The topological polar surface area (TPSA) is 24.1 Å². The Hall–Kier alpha value is -1.64. The molecule has 2 fully saturated rings. The van der Waals surface area contributed by atoms with Crippen LogP contribution in [0.15, 0.2) is 48.5 Å². The Balaban J connectivity index is 1.41. The Kier molecular flexibility index (Phi) is 5.87. The minimum atomic E-state index is 0.191. The molecular formula is C30H44N2. The van der Waals surface area contributed by atoms with E-state index in [1.54, 1.807) is 0 Å². The molecule has 0 aliphatic carbocycles. The standard InChI is InChI=1S/C30H44N2/c1-27(2)19-25(29(5,6)31-27)17-21-9-13-23(14-10-21)24-15-11-22(12-16-24)18-26-20-28(3,4)32-30(26,7)8/h9-16,25-26,31-32H,17-20H2,1-8H3. The van der Waals surface area contributed by atoms with Crippen LogP contribution < -0.4 is 10.6 Å². The van der Waals surface area contributed by atoms with E-state index in [1.807, 2.05) is 0 Å². The van der Waals surface area contributed by atoms with Crippen molar-refractivity contribution in [2.45, 2.75) is 103 Å². The van der Waals surface area contributed by atoms with Crippen LogP contribution in [-0.4, -0.2) is 22.2 Å². The van der Waals surface area contributed by atoms with Gasteiger partial charge in [0.2, 0.25) is 0 Å². The average Bonchev–Trinajstić information content (AvgIpc) is 3.00. The monoisotopic (exact) mass is 432 g/mol. The highest BCUT2D eigenvalue weighted by molar-refractivity contribution is 5.64. The molecule has 0 spiro atoms. The first-order valence-corrected chi connectivity index (χ1v) is 12.5. The van der Waals surface area contributed by atoms with Gasteiger partial charge in [-0.1, -0.05) is 48.5 Å². The Morgan fingerprint density at radius 3 is 1.12 bits per heavy atom. The van der Waals surface area contributed by atoms with Crippen LogP contribution >= 0.6 is 0 Å². The molecule has 2 heterocycles. The zero-order valence-corrected chi connectivity index (χ0v) is 21.6. The van der Waals surface area contributed by atoms with Crippen LogP contribution in [0.3, 0.4) is 0 Å². The highest BCUT2D eigenvalue weighted by Gasteiger charge is 2.44. The predicted octanol–water partition coefficient (Wildman–Crippen LogP) is 6.77. The third-order valence-corrected chi connectivity index (χ3v) is 8.08. The number of hydrogen-bond donors (Lipinski definition) is 2. The fourth-order valence-corrected chi connectivity index (χ4v) is 6.68. The predicted molar refractivity (Wildman–Crippen MR) is 138 cm³/mol. The first-order valence-electron chi connectivity index (χ1n) is 12.5. The summed E-state index contributed by atoms with van der Waals surface area (Å²) in [5.41, 5.74) is 6.36. The second-order valence-corrected chi connectivity index (χ2v) is 13.1. The van der Waals surface area contributed by atoms with Gasteiger partial charge in [0, 0.05) is 22.2 Å². The molecule has 2 unspecified atom stereocenters. The van der Waals surface area contributed by atoms with Crippen LogP contribution in [-0.2, 0) is 12.8 Å². The normalized spacial score (nSPS) is 27.5. The van der Waals surface area contributed by atoms with Gasteiger partial charge in [0.25, 0.3) is 0 Å². The van der Waals surface area contributed by atoms with Crippen molar-refractivity contribution in [2.24, 2.45) is 11.8 Å². The Bertz CT molecular complexity index is 852. The van der Waals surface area contributed by atoms with E-state index in [4.69, 9.17) is 0 Å². The summed E-state index contributed by atoms with van der Waals surface area (Å²) in [7, 11) is 0. The Morgan fingerprint density at radius 1 is 0.562 bits per heavy atom. The van der Waals surface area contributed by atoms with E-state index in [1.165, 1.54) is 35.1 Å². The maximum atomic E-state index is 3.81. The van der Waals surface area contributed by atoms with Gasteiger partial charge in [-0.3, -0.25) is 0 Å². The van der Waals surface area contributed by atoms with Gasteiger partial charge in [-0.05, 0) is 115 Å². The lowest BCUT2D eigenvalue weighted by atomic mass is 9.82. The fraction of sp³-hybridized carbons (Fsp3) is 0.600. The van der Waals surface area contributed by atoms with Crippen LogP contribution in [0.2, 0.25) is 0 Å². The van der Waals surface area contributed by atoms with E-state index in [0.717, 1.165) is 12.8 Å². The molecule has 2 aromatic carbocycles. The largest absolute Gasteiger partial charge is 0.307 e. The molecule has 2 aliphatic rings. The first kappa shape index (κ1) is 23.5. The van der Waals surface area contributed by atoms with Crippen molar-refractivity contribution >= 4 is 0 Å². The quantitative estimate of drug-likeness (QED) is 0.544. The van der Waals surface area contributed by atoms with Gasteiger partial charge in [-0.15, -0.1) is 0 Å². The summed E-state index contributed by atoms with van der Waals surface area (Å²) in [6, 6.07) is 18.5. The maximum Gasteiger partial charge on any atom is 0.0162 e. The molecule has 174 valence electrons. The van der Waals surface area contributed by atoms with E-state index < -0.39 is 0 Å². The summed E-state index contributed by atoms with van der Waals surface area (Å²) in [5, 5.41) is 7.63. The summed E-state index contributed by atoms with van der Waals surface area (Å²) in [6.07, 6.45) is 4.75. The Morgan fingerprint density at radius 2 is 0.875 bits per heavy atom. The molecule has 2 aromatic rings. The molecule has 0 amide bonds. The van der Waals surface area contributed by atoms with Gasteiger partial charge < -0.3 is 10.6 Å². The summed E-state index contributed by atoms with van der Waals surface area (Å²) in [4.78, 5) is 0. The number of rotatable bonds is 5. The van der Waals surface area contributed by atoms with Crippen molar-refractivity contribution in [3.8, 4) is 11.1 Å². The van der Waals surface area contributed by atoms with Gasteiger partial charge in [0.1, 0.15) is 0 Å². The van der Waals surface area contributed by atoms with E-state index in [0.29, 0.717) is 11.8 Å². The summed E-state index contributed by atoms with van der Waals surface area (Å²) in [6.45, 7) is 18.7. The van der Waals surface area contributed by atoms with Gasteiger partial charge in [-0.2, -0.15) is 0 Å². The Labute approximate surface area is 196 Å². The van der Waals surface area contributed by atoms with Crippen molar-refractivity contribution in [3.63, 3.8) is 0 Å². The third kappa shape index (κ3) is 5.13. The van der Waals surface area contributed by atoms with Crippen molar-refractivity contribution in [1.29, 1.82) is 0 Å². The zero-order valence-electron chi connectivity index (χ0n) is 21.6. The molecule has 2 nitrogen and oxygen atoms in total. The van der Waals surface area contributed by atoms with E-state index in [2.05, 4.69) is 115 Å². The van der Waals surface area contributed by atoms with E-state index in [-0.39, 0.29) is 22.2 Å². The molecule has 2 atom stereocenters. The summed E-state index contributed by atoms with van der Waals surface area (Å²) >= 11 is 0. The average molecular weight is 433 g/mol. The zero-order chi connectivity index (χ0) is 23.4. The fourth-order valence-electron chi connectivity index (χ4n) is 6.68. The highest BCUT2D eigenvalue weighted by atomic mass is 15.1. The van der Waals surface area contributed by atoms with Crippen molar-refractivity contribution in [3.05, 3.63) is 59.7 Å². The number of nitrogens with one attached hydrogen (secondary N) is 2. The van der Waals surface area contributed by atoms with Gasteiger partial charge in [-0.25, -0.2) is 0 Å². The molecule has 2 N–H and O–H groups in total. The second kappa shape index (κ2) is 7.99. The van der Waals surface area contributed by atoms with E-state index in [9.17, 15) is 0 Å². The molecule has 4 rings (SSSR count). The smallest absolute Gasteiger partial charge is 0.0162 e. The first-order chi connectivity index (χ1) is 14.7. The molecule has 0 bridgehead atoms. The lowest BCUT2D eigenvalue weighted by molar-refractivity contribution is 0.320. The van der Waals surface area contributed by atoms with Crippen LogP contribution in [0.25, 0.3) is 11.1 Å². The van der Waals surface area contributed by atoms with Crippen molar-refractivity contribution in [2.75, 3.05) is 0 Å². The van der Waals surface area contributed by atoms with Crippen LogP contribution in [0.4, 0.5) is 0 Å². The molecule has 32 heavy (non-hydrogen) atoms. The molecular weight excluding hydrogens is 388 g/mol. The van der Waals surface area contributed by atoms with Gasteiger partial charge in [0.05, 0.1) is 0 Å². The number of hydrogen-bond acceptors (Lipinski definition) is 2. The second-order valence-electron chi connectivity index (χ2n) is 13.1. The van der Waals surface area contributed by atoms with Crippen molar-refractivity contribution < 1.29 is 0 Å². The van der Waals surface area contributed by atoms with Crippen LogP contribution in [0.5, 0.6) is 0 Å². The molecule has 0 saturated carbocycles. The highest BCUT2D eigenvalue weighted by Crippen LogP contribution is 2.39.